The minimum atomic E-state index is 0.593. The van der Waals surface area contributed by atoms with Crippen molar-refractivity contribution in [3.8, 4) is 5.75 Å². The Bertz CT molecular complexity index is 606. The molecule has 1 saturated carbocycles. The predicted octanol–water partition coefficient (Wildman–Crippen LogP) is 5.26. The number of nitrogens with zero attached hydrogens (tertiary/aromatic N) is 1. The van der Waals surface area contributed by atoms with Crippen molar-refractivity contribution < 1.29 is 4.74 Å². The zero-order chi connectivity index (χ0) is 15.2. The van der Waals surface area contributed by atoms with Crippen LogP contribution in [0.3, 0.4) is 0 Å². The number of hydrogen-bond donors (Lipinski definition) is 0. The van der Waals surface area contributed by atoms with Crippen molar-refractivity contribution >= 4 is 0 Å². The second-order valence-corrected chi connectivity index (χ2v) is 5.91. The van der Waals surface area contributed by atoms with E-state index in [1.54, 1.807) is 5.57 Å². The van der Waals surface area contributed by atoms with Crippen molar-refractivity contribution in [3.63, 3.8) is 0 Å². The Balaban J connectivity index is 1.56. The fourth-order valence-electron chi connectivity index (χ4n) is 3.03. The molecule has 114 valence electrons. The van der Waals surface area contributed by atoms with E-state index in [-0.39, 0.29) is 0 Å². The maximum Gasteiger partial charge on any atom is 0.138 e. The Hall–Kier alpha value is -2.09. The van der Waals surface area contributed by atoms with Gasteiger partial charge < -0.3 is 4.74 Å². The number of ether oxygens (including phenoxy) is 1. The summed E-state index contributed by atoms with van der Waals surface area (Å²) in [6, 6.07) is 14.4. The van der Waals surface area contributed by atoms with Crippen molar-refractivity contribution in [1.82, 2.24) is 4.98 Å². The number of allylic oxidation sites excluding steroid dienone is 2. The van der Waals surface area contributed by atoms with Gasteiger partial charge in [0, 0.05) is 11.6 Å². The normalized spacial score (nSPS) is 18.0. The fraction of sp³-hybridized carbons (Fsp3) is 0.350. The lowest BCUT2D eigenvalue weighted by molar-refractivity contribution is 0.304. The molecule has 0 unspecified atom stereocenters. The lowest BCUT2D eigenvalue weighted by atomic mass is 9.83. The van der Waals surface area contributed by atoms with Crippen LogP contribution in [-0.2, 0) is 6.61 Å². The Kier molecular flexibility index (Phi) is 4.89. The molecule has 1 fully saturated rings. The minimum Gasteiger partial charge on any atom is -0.487 e. The highest BCUT2D eigenvalue weighted by atomic mass is 16.5. The van der Waals surface area contributed by atoms with Gasteiger partial charge in [-0.2, -0.15) is 0 Å². The predicted molar refractivity (Wildman–Crippen MR) is 90.0 cm³/mol. The molecule has 2 aromatic rings. The summed E-state index contributed by atoms with van der Waals surface area (Å²) in [7, 11) is 0. The van der Waals surface area contributed by atoms with Crippen molar-refractivity contribution in [2.24, 2.45) is 0 Å². The average molecular weight is 293 g/mol. The Labute approximate surface area is 132 Å². The third-order valence-corrected chi connectivity index (χ3v) is 4.46. The third-order valence-electron chi connectivity index (χ3n) is 4.46. The second-order valence-electron chi connectivity index (χ2n) is 5.91. The molecule has 1 aromatic heterocycles. The van der Waals surface area contributed by atoms with Crippen LogP contribution in [0.2, 0.25) is 0 Å². The highest BCUT2D eigenvalue weighted by Gasteiger charge is 2.18. The van der Waals surface area contributed by atoms with Gasteiger partial charge in [0.25, 0.3) is 0 Å². The number of rotatable bonds is 4. The zero-order valence-corrected chi connectivity index (χ0v) is 13.2. The van der Waals surface area contributed by atoms with E-state index in [0.29, 0.717) is 12.5 Å². The van der Waals surface area contributed by atoms with Gasteiger partial charge in [-0.3, -0.25) is 4.98 Å². The Morgan fingerprint density at radius 2 is 1.86 bits per heavy atom. The van der Waals surface area contributed by atoms with Gasteiger partial charge in [-0.1, -0.05) is 42.0 Å². The molecule has 0 spiro atoms. The summed E-state index contributed by atoms with van der Waals surface area (Å²) >= 11 is 0. The molecular formula is C20H23NO. The molecule has 0 saturated heterocycles. The molecule has 0 atom stereocenters. The van der Waals surface area contributed by atoms with E-state index < -0.39 is 0 Å². The van der Waals surface area contributed by atoms with E-state index in [0.717, 1.165) is 5.75 Å². The second kappa shape index (κ2) is 7.26. The summed E-state index contributed by atoms with van der Waals surface area (Å²) in [6.45, 7) is 2.74. The quantitative estimate of drug-likeness (QED) is 0.717. The molecule has 0 radical (unpaired) electrons. The first kappa shape index (κ1) is 14.8. The van der Waals surface area contributed by atoms with Crippen LogP contribution in [0.1, 0.15) is 49.8 Å². The van der Waals surface area contributed by atoms with Gasteiger partial charge in [0.1, 0.15) is 12.4 Å². The molecule has 0 bridgehead atoms. The van der Waals surface area contributed by atoms with E-state index in [2.05, 4.69) is 42.2 Å². The molecule has 22 heavy (non-hydrogen) atoms. The molecule has 0 amide bonds. The Morgan fingerprint density at radius 3 is 2.50 bits per heavy atom. The lowest BCUT2D eigenvalue weighted by Gasteiger charge is -2.23. The number of pyridine rings is 1. The lowest BCUT2D eigenvalue weighted by Crippen LogP contribution is -2.08. The Morgan fingerprint density at radius 1 is 1.09 bits per heavy atom. The molecular weight excluding hydrogens is 270 g/mol. The topological polar surface area (TPSA) is 22.1 Å². The van der Waals surface area contributed by atoms with Gasteiger partial charge in [-0.15, -0.1) is 0 Å². The van der Waals surface area contributed by atoms with Crippen LogP contribution in [-0.4, -0.2) is 4.98 Å². The first-order valence-corrected chi connectivity index (χ1v) is 8.12. The maximum atomic E-state index is 5.80. The van der Waals surface area contributed by atoms with Crippen LogP contribution in [0.25, 0.3) is 0 Å². The average Bonchev–Trinajstić information content (AvgIpc) is 2.61. The van der Waals surface area contributed by atoms with E-state index in [1.807, 2.05) is 24.4 Å². The number of benzene rings is 1. The van der Waals surface area contributed by atoms with Gasteiger partial charge in [0.15, 0.2) is 0 Å². The van der Waals surface area contributed by atoms with Crippen LogP contribution in [0.5, 0.6) is 5.75 Å². The van der Waals surface area contributed by atoms with E-state index in [4.69, 9.17) is 4.74 Å². The molecule has 2 nitrogen and oxygen atoms in total. The molecule has 0 N–H and O–H groups in total. The first-order chi connectivity index (χ1) is 10.8. The largest absolute Gasteiger partial charge is 0.487 e. The van der Waals surface area contributed by atoms with Gasteiger partial charge in [0.05, 0.1) is 6.20 Å². The van der Waals surface area contributed by atoms with E-state index in [9.17, 15) is 0 Å². The molecule has 1 heterocycles. The van der Waals surface area contributed by atoms with Gasteiger partial charge >= 0.3 is 0 Å². The van der Waals surface area contributed by atoms with E-state index >= 15 is 0 Å². The smallest absolute Gasteiger partial charge is 0.138 e. The number of aromatic nitrogens is 1. The van der Waals surface area contributed by atoms with Crippen molar-refractivity contribution in [3.05, 3.63) is 71.6 Å². The highest BCUT2D eigenvalue weighted by molar-refractivity contribution is 5.24. The maximum absolute atomic E-state index is 5.80. The van der Waals surface area contributed by atoms with Crippen LogP contribution in [0, 0.1) is 0 Å². The van der Waals surface area contributed by atoms with Crippen molar-refractivity contribution in [2.75, 3.05) is 0 Å². The van der Waals surface area contributed by atoms with Crippen LogP contribution in [0.4, 0.5) is 0 Å². The summed E-state index contributed by atoms with van der Waals surface area (Å²) in [5.41, 5.74) is 3.99. The molecule has 3 rings (SSSR count). The summed E-state index contributed by atoms with van der Waals surface area (Å²) < 4.78 is 5.80. The standard InChI is InChI=1S/C20H23NO/c1-2-16-8-10-18(11-9-16)20-13-12-19(14-21-20)22-15-17-6-4-3-5-7-17/h2-7,12-14,18H,8-11,15H2,1H3. The summed E-state index contributed by atoms with van der Waals surface area (Å²) in [5, 5.41) is 0. The highest BCUT2D eigenvalue weighted by Crippen LogP contribution is 2.34. The summed E-state index contributed by atoms with van der Waals surface area (Å²) in [6.07, 6.45) is 9.01. The number of hydrogen-bond acceptors (Lipinski definition) is 2. The SMILES string of the molecule is CC=C1CCC(c2ccc(OCc3ccccc3)cn2)CC1. The van der Waals surface area contributed by atoms with E-state index in [1.165, 1.54) is 36.9 Å². The van der Waals surface area contributed by atoms with Gasteiger partial charge in [0.2, 0.25) is 0 Å². The molecule has 0 aliphatic heterocycles. The van der Waals surface area contributed by atoms with Crippen LogP contribution < -0.4 is 4.74 Å². The fourth-order valence-corrected chi connectivity index (χ4v) is 3.03. The first-order valence-electron chi connectivity index (χ1n) is 8.12. The summed E-state index contributed by atoms with van der Waals surface area (Å²) in [4.78, 5) is 4.62. The third kappa shape index (κ3) is 3.76. The minimum absolute atomic E-state index is 0.593. The van der Waals surface area contributed by atoms with Gasteiger partial charge in [-0.25, -0.2) is 0 Å². The monoisotopic (exact) mass is 293 g/mol. The van der Waals surface area contributed by atoms with Crippen LogP contribution >= 0.6 is 0 Å². The van der Waals surface area contributed by atoms with Crippen LogP contribution in [0.15, 0.2) is 60.3 Å². The molecule has 1 aliphatic carbocycles. The molecule has 1 aliphatic rings. The van der Waals surface area contributed by atoms with Crippen molar-refractivity contribution in [2.45, 2.75) is 45.1 Å². The molecule has 2 heteroatoms. The van der Waals surface area contributed by atoms with Gasteiger partial charge in [-0.05, 0) is 50.3 Å². The zero-order valence-electron chi connectivity index (χ0n) is 13.2. The summed E-state index contributed by atoms with van der Waals surface area (Å²) in [5.74, 6) is 1.45. The van der Waals surface area contributed by atoms with Crippen molar-refractivity contribution in [1.29, 1.82) is 0 Å². The molecule has 1 aromatic carbocycles.